The quantitative estimate of drug-likeness (QED) is 0.246. The fourth-order valence-corrected chi connectivity index (χ4v) is 6.24. The van der Waals surface area contributed by atoms with Crippen LogP contribution in [0.15, 0.2) is 47.6 Å². The average Bonchev–Trinajstić information content (AvgIpc) is 3.08. The van der Waals surface area contributed by atoms with Crippen molar-refractivity contribution in [2.75, 3.05) is 32.4 Å². The monoisotopic (exact) mass is 716 g/mol. The molecular weight excluding hydrogens is 678 g/mol. The van der Waals surface area contributed by atoms with E-state index >= 15 is 0 Å². The molecule has 3 aromatic rings. The SMILES string of the molecule is CC(=O)N1CCC(NC(=O)c2cc(F)cnc2Cl)CC1.CSc1cc(Oc2ncc(F)cc2C(=O)NC2CCN(C(C)=O)CC2)ccc1C. The third kappa shape index (κ3) is 10.6. The highest BCUT2D eigenvalue weighted by molar-refractivity contribution is 7.98. The van der Waals surface area contributed by atoms with Crippen molar-refractivity contribution in [3.8, 4) is 11.6 Å². The summed E-state index contributed by atoms with van der Waals surface area (Å²) < 4.78 is 32.7. The van der Waals surface area contributed by atoms with Crippen LogP contribution in [0.1, 0.15) is 65.8 Å². The minimum Gasteiger partial charge on any atom is -0.438 e. The van der Waals surface area contributed by atoms with E-state index in [2.05, 4.69) is 20.6 Å². The molecule has 2 fully saturated rings. The van der Waals surface area contributed by atoms with Gasteiger partial charge in [-0.15, -0.1) is 11.8 Å². The number of amides is 4. The van der Waals surface area contributed by atoms with E-state index in [1.807, 2.05) is 25.3 Å². The Kier molecular flexibility index (Phi) is 13.3. The lowest BCUT2D eigenvalue weighted by Gasteiger charge is -2.31. The predicted molar refractivity (Wildman–Crippen MR) is 182 cm³/mol. The van der Waals surface area contributed by atoms with E-state index in [1.54, 1.807) is 27.6 Å². The van der Waals surface area contributed by atoms with E-state index in [9.17, 15) is 28.0 Å². The maximum absolute atomic E-state index is 13.8. The molecule has 2 aliphatic heterocycles. The van der Waals surface area contributed by atoms with E-state index in [1.165, 1.54) is 13.8 Å². The summed E-state index contributed by atoms with van der Waals surface area (Å²) in [7, 11) is 0. The Hall–Kier alpha value is -4.30. The van der Waals surface area contributed by atoms with Gasteiger partial charge in [0.05, 0.1) is 18.0 Å². The maximum atomic E-state index is 13.8. The number of nitrogens with one attached hydrogen (secondary N) is 2. The largest absolute Gasteiger partial charge is 0.438 e. The zero-order chi connectivity index (χ0) is 35.7. The van der Waals surface area contributed by atoms with E-state index in [-0.39, 0.29) is 46.1 Å². The highest BCUT2D eigenvalue weighted by Gasteiger charge is 2.25. The number of carbonyl (C=O) groups excluding carboxylic acids is 4. The predicted octanol–water partition coefficient (Wildman–Crippen LogP) is 5.40. The van der Waals surface area contributed by atoms with Crippen molar-refractivity contribution in [3.63, 3.8) is 0 Å². The second-order valence-corrected chi connectivity index (χ2v) is 12.9. The lowest BCUT2D eigenvalue weighted by molar-refractivity contribution is -0.130. The lowest BCUT2D eigenvalue weighted by Crippen LogP contribution is -2.46. The van der Waals surface area contributed by atoms with Crippen molar-refractivity contribution in [1.29, 1.82) is 0 Å². The molecule has 0 atom stereocenters. The number of likely N-dealkylation sites (tertiary alicyclic amines) is 2. The standard InChI is InChI=1S/C21H24FN3O3S.C13H15ClFN3O2/c1-13-4-5-17(11-19(13)29-3)28-21-18(10-15(22)12-23-21)20(27)24-16-6-8-25(9-7-16)14(2)26;1-8(19)18-4-2-10(3-5-18)17-13(20)11-6-9(15)7-16-12(11)14/h4-5,10-12,16H,6-9H2,1-3H3,(H,24,27);6-7,10H,2-5H2,1H3,(H,17,20). The number of hydrogen-bond donors (Lipinski definition) is 2. The molecule has 2 aromatic heterocycles. The molecule has 0 aliphatic carbocycles. The molecule has 5 rings (SSSR count). The van der Waals surface area contributed by atoms with Crippen LogP contribution < -0.4 is 15.4 Å². The van der Waals surface area contributed by atoms with Gasteiger partial charge in [0.1, 0.15) is 28.1 Å². The molecule has 11 nitrogen and oxygen atoms in total. The fourth-order valence-electron chi connectivity index (χ4n) is 5.43. The second kappa shape index (κ2) is 17.4. The molecule has 15 heteroatoms. The first-order valence-electron chi connectivity index (χ1n) is 15.8. The van der Waals surface area contributed by atoms with Crippen molar-refractivity contribution in [2.24, 2.45) is 0 Å². The Morgan fingerprint density at radius 3 is 1.82 bits per heavy atom. The highest BCUT2D eigenvalue weighted by atomic mass is 35.5. The molecule has 49 heavy (non-hydrogen) atoms. The minimum absolute atomic E-state index is 0.0231. The number of aromatic nitrogens is 2. The number of thioether (sulfide) groups is 1. The van der Waals surface area contributed by atoms with Crippen LogP contribution in [0.3, 0.4) is 0 Å². The summed E-state index contributed by atoms with van der Waals surface area (Å²) in [6.45, 7) is 7.45. The zero-order valence-electron chi connectivity index (χ0n) is 27.7. The van der Waals surface area contributed by atoms with Gasteiger partial charge in [0.25, 0.3) is 11.8 Å². The Morgan fingerprint density at radius 2 is 1.31 bits per heavy atom. The number of piperidine rings is 2. The van der Waals surface area contributed by atoms with Crippen molar-refractivity contribution >= 4 is 47.0 Å². The van der Waals surface area contributed by atoms with E-state index in [4.69, 9.17) is 16.3 Å². The van der Waals surface area contributed by atoms with Gasteiger partial charge in [0, 0.05) is 57.0 Å². The number of aryl methyl sites for hydroxylation is 1. The smallest absolute Gasteiger partial charge is 0.257 e. The molecule has 2 aliphatic rings. The Morgan fingerprint density at radius 1 is 0.816 bits per heavy atom. The van der Waals surface area contributed by atoms with Crippen LogP contribution in [0.25, 0.3) is 0 Å². The third-order valence-electron chi connectivity index (χ3n) is 8.26. The number of ether oxygens (including phenoxy) is 1. The molecule has 1 aromatic carbocycles. The molecule has 0 saturated carbocycles. The molecule has 2 saturated heterocycles. The topological polar surface area (TPSA) is 134 Å². The summed E-state index contributed by atoms with van der Waals surface area (Å²) in [4.78, 5) is 59.6. The van der Waals surface area contributed by atoms with Gasteiger partial charge in [-0.25, -0.2) is 18.7 Å². The third-order valence-corrected chi connectivity index (χ3v) is 9.44. The summed E-state index contributed by atoms with van der Waals surface area (Å²) >= 11 is 7.37. The summed E-state index contributed by atoms with van der Waals surface area (Å²) in [5.41, 5.74) is 1.19. The fraction of sp³-hybridized carbons (Fsp3) is 0.412. The van der Waals surface area contributed by atoms with Crippen molar-refractivity contribution < 1.29 is 32.7 Å². The van der Waals surface area contributed by atoms with Gasteiger partial charge in [-0.05, 0) is 68.7 Å². The number of pyridine rings is 2. The highest BCUT2D eigenvalue weighted by Crippen LogP contribution is 2.29. The molecule has 4 amide bonds. The van der Waals surface area contributed by atoms with Crippen molar-refractivity contribution in [3.05, 3.63) is 76.2 Å². The summed E-state index contributed by atoms with van der Waals surface area (Å²) in [5.74, 6) is -1.44. The van der Waals surface area contributed by atoms with Gasteiger partial charge in [-0.2, -0.15) is 0 Å². The minimum atomic E-state index is -0.609. The Bertz CT molecular complexity index is 1680. The molecule has 0 unspecified atom stereocenters. The van der Waals surface area contributed by atoms with Gasteiger partial charge >= 0.3 is 0 Å². The Labute approximate surface area is 293 Å². The van der Waals surface area contributed by atoms with Crippen LogP contribution in [0.5, 0.6) is 11.6 Å². The number of hydrogen-bond acceptors (Lipinski definition) is 8. The first-order chi connectivity index (χ1) is 23.3. The second-order valence-electron chi connectivity index (χ2n) is 11.7. The van der Waals surface area contributed by atoms with Gasteiger partial charge in [0.2, 0.25) is 17.7 Å². The number of benzene rings is 1. The van der Waals surface area contributed by atoms with E-state index in [0.717, 1.165) is 35.0 Å². The first-order valence-corrected chi connectivity index (χ1v) is 17.4. The van der Waals surface area contributed by atoms with Gasteiger partial charge in [-0.1, -0.05) is 17.7 Å². The van der Waals surface area contributed by atoms with Crippen LogP contribution in [0.4, 0.5) is 8.78 Å². The molecule has 0 radical (unpaired) electrons. The van der Waals surface area contributed by atoms with E-state index in [0.29, 0.717) is 57.6 Å². The molecule has 0 spiro atoms. The normalized spacial score (nSPS) is 15.2. The number of nitrogens with zero attached hydrogens (tertiary/aromatic N) is 4. The van der Waals surface area contributed by atoms with Crippen LogP contribution >= 0.6 is 23.4 Å². The molecule has 262 valence electrons. The lowest BCUT2D eigenvalue weighted by atomic mass is 10.0. The molecule has 0 bridgehead atoms. The molecule has 4 heterocycles. The zero-order valence-corrected chi connectivity index (χ0v) is 29.3. The van der Waals surface area contributed by atoms with Gasteiger partial charge in [-0.3, -0.25) is 19.2 Å². The summed E-state index contributed by atoms with van der Waals surface area (Å²) in [6.07, 6.45) is 6.61. The Balaban J connectivity index is 0.000000237. The van der Waals surface area contributed by atoms with E-state index < -0.39 is 23.4 Å². The summed E-state index contributed by atoms with van der Waals surface area (Å²) in [5, 5.41) is 5.68. The number of halogens is 3. The summed E-state index contributed by atoms with van der Waals surface area (Å²) in [6, 6.07) is 7.65. The maximum Gasteiger partial charge on any atom is 0.257 e. The number of carbonyl (C=O) groups is 4. The van der Waals surface area contributed by atoms with Crippen LogP contribution in [-0.2, 0) is 9.59 Å². The molecular formula is C34H39ClF2N6O5S. The van der Waals surface area contributed by atoms with Crippen LogP contribution in [0.2, 0.25) is 5.15 Å². The van der Waals surface area contributed by atoms with Crippen molar-refractivity contribution in [1.82, 2.24) is 30.4 Å². The average molecular weight is 717 g/mol. The number of rotatable bonds is 7. The first kappa shape index (κ1) is 37.5. The molecule has 2 N–H and O–H groups in total. The van der Waals surface area contributed by atoms with Gasteiger partial charge < -0.3 is 25.2 Å². The van der Waals surface area contributed by atoms with Crippen LogP contribution in [-0.4, -0.2) is 87.9 Å². The van der Waals surface area contributed by atoms with Crippen molar-refractivity contribution in [2.45, 2.75) is 63.4 Å². The van der Waals surface area contributed by atoms with Crippen LogP contribution in [0, 0.1) is 18.6 Å². The van der Waals surface area contributed by atoms with Gasteiger partial charge in [0.15, 0.2) is 0 Å².